The molecule has 2 aliphatic rings. The van der Waals surface area contributed by atoms with E-state index in [1.165, 1.54) is 21.2 Å². The summed E-state index contributed by atoms with van der Waals surface area (Å²) in [5.41, 5.74) is 1.08. The van der Waals surface area contributed by atoms with Gasteiger partial charge in [0.1, 0.15) is 4.83 Å². The lowest BCUT2D eigenvalue weighted by Gasteiger charge is -2.14. The van der Waals surface area contributed by atoms with Crippen molar-refractivity contribution in [1.29, 1.82) is 0 Å². The number of thioether (sulfide) groups is 1. The van der Waals surface area contributed by atoms with E-state index in [9.17, 15) is 18.3 Å². The highest BCUT2D eigenvalue weighted by atomic mass is 32.2. The van der Waals surface area contributed by atoms with E-state index in [2.05, 4.69) is 4.98 Å². The number of aliphatic hydroxyl groups excluding tert-OH is 1. The highest BCUT2D eigenvalue weighted by molar-refractivity contribution is 8.01. The second-order valence-electron chi connectivity index (χ2n) is 6.45. The van der Waals surface area contributed by atoms with Gasteiger partial charge in [0.25, 0.3) is 5.56 Å². The Morgan fingerprint density at radius 2 is 2.04 bits per heavy atom. The first-order valence-corrected chi connectivity index (χ1v) is 11.4. The normalized spacial score (nSPS) is 25.9. The zero-order chi connectivity index (χ0) is 17.1. The third-order valence-corrected chi connectivity index (χ3v) is 9.16. The van der Waals surface area contributed by atoms with Crippen molar-refractivity contribution in [3.05, 3.63) is 20.8 Å². The summed E-state index contributed by atoms with van der Waals surface area (Å²) in [7, 11) is -1.55. The maximum atomic E-state index is 12.8. The second kappa shape index (κ2) is 5.82. The van der Waals surface area contributed by atoms with Gasteiger partial charge < -0.3 is 5.11 Å². The van der Waals surface area contributed by atoms with Gasteiger partial charge in [-0.05, 0) is 31.2 Å². The average molecular weight is 387 g/mol. The predicted octanol–water partition coefficient (Wildman–Crippen LogP) is 1.12. The predicted molar refractivity (Wildman–Crippen MR) is 95.8 cm³/mol. The minimum Gasteiger partial charge on any atom is -0.391 e. The van der Waals surface area contributed by atoms with Gasteiger partial charge in [0.2, 0.25) is 0 Å². The van der Waals surface area contributed by atoms with E-state index in [-0.39, 0.29) is 17.1 Å². The Morgan fingerprint density at radius 1 is 1.29 bits per heavy atom. The minimum absolute atomic E-state index is 0.0720. The number of aromatic nitrogens is 2. The molecule has 9 heteroatoms. The molecule has 1 saturated heterocycles. The number of fused-ring (bicyclic) bond motifs is 3. The van der Waals surface area contributed by atoms with Crippen molar-refractivity contribution < 1.29 is 13.5 Å². The van der Waals surface area contributed by atoms with E-state index in [4.69, 9.17) is 0 Å². The molecule has 1 aliphatic heterocycles. The molecule has 130 valence electrons. The summed E-state index contributed by atoms with van der Waals surface area (Å²) >= 11 is 2.77. The summed E-state index contributed by atoms with van der Waals surface area (Å²) in [6.45, 7) is 0. The van der Waals surface area contributed by atoms with Crippen LogP contribution in [-0.4, -0.2) is 45.9 Å². The lowest BCUT2D eigenvalue weighted by Crippen LogP contribution is -2.25. The molecule has 0 saturated carbocycles. The summed E-state index contributed by atoms with van der Waals surface area (Å²) in [5.74, 6) is -0.290. The molecule has 3 heterocycles. The van der Waals surface area contributed by atoms with Crippen molar-refractivity contribution in [3.63, 3.8) is 0 Å². The maximum Gasteiger partial charge on any atom is 0.262 e. The minimum atomic E-state index is -3.22. The van der Waals surface area contributed by atoms with Crippen molar-refractivity contribution in [1.82, 2.24) is 9.55 Å². The molecule has 2 aromatic heterocycles. The largest absolute Gasteiger partial charge is 0.391 e. The number of aliphatic hydroxyl groups is 1. The zero-order valence-corrected chi connectivity index (χ0v) is 15.6. The number of thiophene rings is 1. The van der Waals surface area contributed by atoms with Gasteiger partial charge in [-0.15, -0.1) is 11.3 Å². The standard InChI is InChI=1S/C15H18N2O4S3/c1-17-14(19)12-8-4-2-3-5-10(8)22-13(12)16-15(17)23-11-7-24(20,21)6-9(11)18/h9,11,18H,2-7H2,1H3/t9-,11+/m0/s1. The molecule has 0 amide bonds. The van der Waals surface area contributed by atoms with E-state index in [1.54, 1.807) is 18.4 Å². The van der Waals surface area contributed by atoms with Crippen LogP contribution in [0.1, 0.15) is 23.3 Å². The van der Waals surface area contributed by atoms with Crippen LogP contribution in [0.25, 0.3) is 10.2 Å². The van der Waals surface area contributed by atoms with Gasteiger partial charge in [-0.25, -0.2) is 13.4 Å². The molecule has 0 spiro atoms. The average Bonchev–Trinajstić information content (AvgIpc) is 3.00. The molecule has 4 rings (SSSR count). The second-order valence-corrected chi connectivity index (χ2v) is 10.9. The van der Waals surface area contributed by atoms with E-state index in [0.717, 1.165) is 41.5 Å². The van der Waals surface area contributed by atoms with Crippen LogP contribution in [0.15, 0.2) is 9.95 Å². The van der Waals surface area contributed by atoms with Gasteiger partial charge in [0, 0.05) is 11.9 Å². The molecule has 0 unspecified atom stereocenters. The van der Waals surface area contributed by atoms with Crippen LogP contribution >= 0.6 is 23.1 Å². The van der Waals surface area contributed by atoms with Crippen LogP contribution in [0.2, 0.25) is 0 Å². The van der Waals surface area contributed by atoms with E-state index in [0.29, 0.717) is 5.16 Å². The Balaban J connectivity index is 1.77. The molecule has 0 bridgehead atoms. The first kappa shape index (κ1) is 16.6. The van der Waals surface area contributed by atoms with Crippen LogP contribution in [0.3, 0.4) is 0 Å². The quantitative estimate of drug-likeness (QED) is 0.778. The third-order valence-electron chi connectivity index (χ3n) is 4.68. The molecule has 0 radical (unpaired) electrons. The Kier molecular flexibility index (Phi) is 4.02. The molecule has 2 aromatic rings. The summed E-state index contributed by atoms with van der Waals surface area (Å²) in [6.07, 6.45) is 3.27. The topological polar surface area (TPSA) is 89.3 Å². The van der Waals surface area contributed by atoms with Crippen LogP contribution in [-0.2, 0) is 29.7 Å². The van der Waals surface area contributed by atoms with Crippen molar-refractivity contribution >= 4 is 43.2 Å². The Hall–Kier alpha value is -0.900. The Morgan fingerprint density at radius 3 is 2.75 bits per heavy atom. The third kappa shape index (κ3) is 2.71. The van der Waals surface area contributed by atoms with E-state index in [1.807, 2.05) is 0 Å². The molecular formula is C15H18N2O4S3. The van der Waals surface area contributed by atoms with E-state index < -0.39 is 21.2 Å². The smallest absolute Gasteiger partial charge is 0.262 e. The fourth-order valence-corrected chi connectivity index (χ4v) is 8.26. The van der Waals surface area contributed by atoms with Crippen molar-refractivity contribution in [2.75, 3.05) is 11.5 Å². The number of hydrogen-bond acceptors (Lipinski definition) is 7. The number of nitrogens with zero attached hydrogens (tertiary/aromatic N) is 2. The number of aryl methyl sites for hydroxylation is 2. The van der Waals surface area contributed by atoms with Gasteiger partial charge in [-0.3, -0.25) is 9.36 Å². The molecule has 0 aromatic carbocycles. The first-order chi connectivity index (χ1) is 11.4. The van der Waals surface area contributed by atoms with Gasteiger partial charge in [-0.2, -0.15) is 0 Å². The van der Waals surface area contributed by atoms with Gasteiger partial charge in [0.05, 0.1) is 28.2 Å². The number of sulfone groups is 1. The maximum absolute atomic E-state index is 12.8. The SMILES string of the molecule is Cn1c(S[C@@H]2CS(=O)(=O)C[C@@H]2O)nc2sc3c(c2c1=O)CCCC3. The molecule has 1 aliphatic carbocycles. The molecule has 1 fully saturated rings. The zero-order valence-electron chi connectivity index (χ0n) is 13.2. The lowest BCUT2D eigenvalue weighted by atomic mass is 9.97. The van der Waals surface area contributed by atoms with Gasteiger partial charge in [0.15, 0.2) is 15.0 Å². The summed E-state index contributed by atoms with van der Waals surface area (Å²) < 4.78 is 24.8. The Bertz CT molecular complexity index is 977. The van der Waals surface area contributed by atoms with Crippen molar-refractivity contribution in [2.24, 2.45) is 7.05 Å². The Labute approximate surface area is 147 Å². The lowest BCUT2D eigenvalue weighted by molar-refractivity contribution is 0.207. The summed E-state index contributed by atoms with van der Waals surface area (Å²) in [4.78, 5) is 19.4. The molecular weight excluding hydrogens is 368 g/mol. The highest BCUT2D eigenvalue weighted by Gasteiger charge is 2.38. The van der Waals surface area contributed by atoms with Crippen molar-refractivity contribution in [2.45, 2.75) is 42.2 Å². The monoisotopic (exact) mass is 386 g/mol. The molecule has 6 nitrogen and oxygen atoms in total. The van der Waals surface area contributed by atoms with E-state index >= 15 is 0 Å². The van der Waals surface area contributed by atoms with Crippen LogP contribution < -0.4 is 5.56 Å². The van der Waals surface area contributed by atoms with Crippen LogP contribution in [0.5, 0.6) is 0 Å². The van der Waals surface area contributed by atoms with Gasteiger partial charge in [-0.1, -0.05) is 11.8 Å². The van der Waals surface area contributed by atoms with Crippen LogP contribution in [0, 0.1) is 0 Å². The van der Waals surface area contributed by atoms with Crippen LogP contribution in [0.4, 0.5) is 0 Å². The molecule has 24 heavy (non-hydrogen) atoms. The summed E-state index contributed by atoms with van der Waals surface area (Å²) in [6, 6.07) is 0. The fourth-order valence-electron chi connectivity index (χ4n) is 3.42. The fraction of sp³-hybridized carbons (Fsp3) is 0.600. The van der Waals surface area contributed by atoms with Gasteiger partial charge >= 0.3 is 0 Å². The van der Waals surface area contributed by atoms with Crippen molar-refractivity contribution in [3.8, 4) is 0 Å². The molecule has 2 atom stereocenters. The number of rotatable bonds is 2. The first-order valence-electron chi connectivity index (χ1n) is 7.92. The number of hydrogen-bond donors (Lipinski definition) is 1. The summed E-state index contributed by atoms with van der Waals surface area (Å²) in [5, 5.41) is 10.7. The highest BCUT2D eigenvalue weighted by Crippen LogP contribution is 2.36. The molecule has 1 N–H and O–H groups in total.